The van der Waals surface area contributed by atoms with Gasteiger partial charge in [-0.15, -0.1) is 0 Å². The van der Waals surface area contributed by atoms with Crippen molar-refractivity contribution >= 4 is 15.9 Å². The van der Waals surface area contributed by atoms with E-state index in [-0.39, 0.29) is 5.82 Å². The molecule has 0 saturated carbocycles. The van der Waals surface area contributed by atoms with Gasteiger partial charge >= 0.3 is 12.1 Å². The Morgan fingerprint density at radius 1 is 1.18 bits per heavy atom. The molecule has 0 aliphatic carbocycles. The average molecular weight is 373 g/mol. The highest BCUT2D eigenvalue weighted by atomic mass is 79.9. The van der Waals surface area contributed by atoms with Crippen LogP contribution in [-0.4, -0.2) is 19.7 Å². The molecule has 114 valence electrons. The fourth-order valence-corrected chi connectivity index (χ4v) is 2.20. The standard InChI is InChI=1S/C13H8BrF3N4O/c14-10-6-21(7-18-10)5-8-1-3-9(4-2-8)11-19-12(22-20-11)13(15,16)17/h1-4,6-7H,5H2. The van der Waals surface area contributed by atoms with Crippen LogP contribution >= 0.6 is 15.9 Å². The maximum absolute atomic E-state index is 12.4. The van der Waals surface area contributed by atoms with Crippen LogP contribution in [0.4, 0.5) is 13.2 Å². The summed E-state index contributed by atoms with van der Waals surface area (Å²) in [5, 5.41) is 3.34. The van der Waals surface area contributed by atoms with Crippen molar-refractivity contribution in [3.8, 4) is 11.4 Å². The predicted octanol–water partition coefficient (Wildman–Crippen LogP) is 3.76. The Hall–Kier alpha value is -2.16. The van der Waals surface area contributed by atoms with E-state index >= 15 is 0 Å². The van der Waals surface area contributed by atoms with Gasteiger partial charge in [0.15, 0.2) is 0 Å². The highest BCUT2D eigenvalue weighted by Crippen LogP contribution is 2.29. The Morgan fingerprint density at radius 2 is 1.91 bits per heavy atom. The van der Waals surface area contributed by atoms with E-state index in [4.69, 9.17) is 0 Å². The second-order valence-electron chi connectivity index (χ2n) is 4.49. The van der Waals surface area contributed by atoms with Gasteiger partial charge in [-0.3, -0.25) is 0 Å². The van der Waals surface area contributed by atoms with Crippen LogP contribution in [0.15, 0.2) is 45.9 Å². The number of alkyl halides is 3. The van der Waals surface area contributed by atoms with E-state index in [1.807, 2.05) is 10.8 Å². The Morgan fingerprint density at radius 3 is 2.45 bits per heavy atom. The number of hydrogen-bond donors (Lipinski definition) is 0. The molecule has 2 aromatic heterocycles. The molecule has 2 heterocycles. The van der Waals surface area contributed by atoms with E-state index in [1.54, 1.807) is 30.6 Å². The Bertz CT molecular complexity index is 779. The second-order valence-corrected chi connectivity index (χ2v) is 5.30. The highest BCUT2D eigenvalue weighted by molar-refractivity contribution is 9.10. The SMILES string of the molecule is FC(F)(F)c1nc(-c2ccc(Cn3cnc(Br)c3)cc2)no1. The highest BCUT2D eigenvalue weighted by Gasteiger charge is 2.38. The molecule has 0 amide bonds. The third kappa shape index (κ3) is 3.19. The topological polar surface area (TPSA) is 56.7 Å². The fraction of sp³-hybridized carbons (Fsp3) is 0.154. The normalized spacial score (nSPS) is 11.8. The summed E-state index contributed by atoms with van der Waals surface area (Å²) in [6.45, 7) is 0.596. The summed E-state index contributed by atoms with van der Waals surface area (Å²) in [5.41, 5.74) is 1.42. The molecule has 3 rings (SSSR count). The molecule has 0 fully saturated rings. The fourth-order valence-electron chi connectivity index (χ4n) is 1.85. The summed E-state index contributed by atoms with van der Waals surface area (Å²) in [5.74, 6) is -1.45. The van der Waals surface area contributed by atoms with Crippen molar-refractivity contribution in [2.45, 2.75) is 12.7 Å². The molecule has 3 aromatic rings. The lowest BCUT2D eigenvalue weighted by molar-refractivity contribution is -0.159. The van der Waals surface area contributed by atoms with E-state index in [0.29, 0.717) is 12.1 Å². The lowest BCUT2D eigenvalue weighted by Gasteiger charge is -2.03. The predicted molar refractivity (Wildman–Crippen MR) is 73.8 cm³/mol. The van der Waals surface area contributed by atoms with Crippen molar-refractivity contribution in [1.29, 1.82) is 0 Å². The number of rotatable bonds is 3. The molecule has 5 nitrogen and oxygen atoms in total. The van der Waals surface area contributed by atoms with Crippen molar-refractivity contribution < 1.29 is 17.7 Å². The van der Waals surface area contributed by atoms with Crippen LogP contribution in [0.2, 0.25) is 0 Å². The third-order valence-corrected chi connectivity index (χ3v) is 3.26. The average Bonchev–Trinajstić information content (AvgIpc) is 3.08. The quantitative estimate of drug-likeness (QED) is 0.702. The first-order chi connectivity index (χ1) is 10.4. The molecule has 1 aromatic carbocycles. The maximum atomic E-state index is 12.4. The summed E-state index contributed by atoms with van der Waals surface area (Å²) < 4.78 is 44.1. The van der Waals surface area contributed by atoms with E-state index in [0.717, 1.165) is 10.2 Å². The number of benzene rings is 1. The van der Waals surface area contributed by atoms with Crippen LogP contribution in [0.5, 0.6) is 0 Å². The summed E-state index contributed by atoms with van der Waals surface area (Å²) in [4.78, 5) is 7.39. The minimum Gasteiger partial charge on any atom is -0.332 e. The second kappa shape index (κ2) is 5.56. The van der Waals surface area contributed by atoms with Gasteiger partial charge in [-0.05, 0) is 21.5 Å². The zero-order valence-corrected chi connectivity index (χ0v) is 12.5. The molecular weight excluding hydrogens is 365 g/mol. The molecule has 0 aliphatic heterocycles. The Balaban J connectivity index is 1.78. The van der Waals surface area contributed by atoms with E-state index < -0.39 is 12.1 Å². The maximum Gasteiger partial charge on any atom is 0.471 e. The van der Waals surface area contributed by atoms with Gasteiger partial charge in [-0.2, -0.15) is 18.2 Å². The first-order valence-corrected chi connectivity index (χ1v) is 6.88. The van der Waals surface area contributed by atoms with Crippen LogP contribution in [0.3, 0.4) is 0 Å². The lowest BCUT2D eigenvalue weighted by atomic mass is 10.1. The summed E-state index contributed by atoms with van der Waals surface area (Å²) in [6, 6.07) is 6.86. The Labute approximate surface area is 130 Å². The number of imidazole rings is 1. The third-order valence-electron chi connectivity index (χ3n) is 2.85. The number of halogens is 4. The summed E-state index contributed by atoms with van der Waals surface area (Å²) in [7, 11) is 0. The number of hydrogen-bond acceptors (Lipinski definition) is 4. The largest absolute Gasteiger partial charge is 0.471 e. The number of nitrogens with zero attached hydrogens (tertiary/aromatic N) is 4. The van der Waals surface area contributed by atoms with Crippen LogP contribution in [0, 0.1) is 0 Å². The molecule has 0 atom stereocenters. The monoisotopic (exact) mass is 372 g/mol. The smallest absolute Gasteiger partial charge is 0.332 e. The number of aromatic nitrogens is 4. The van der Waals surface area contributed by atoms with Crippen LogP contribution in [0.25, 0.3) is 11.4 Å². The van der Waals surface area contributed by atoms with E-state index in [9.17, 15) is 13.2 Å². The first kappa shape index (κ1) is 14.8. The molecule has 0 unspecified atom stereocenters. The molecule has 0 aliphatic rings. The van der Waals surface area contributed by atoms with E-state index in [1.165, 1.54) is 0 Å². The molecule has 9 heteroatoms. The van der Waals surface area contributed by atoms with Gasteiger partial charge in [0, 0.05) is 18.3 Å². The van der Waals surface area contributed by atoms with Crippen LogP contribution in [0.1, 0.15) is 11.5 Å². The summed E-state index contributed by atoms with van der Waals surface area (Å²) >= 11 is 3.26. The van der Waals surface area contributed by atoms with Crippen molar-refractivity contribution in [2.24, 2.45) is 0 Å². The molecule has 0 N–H and O–H groups in total. The van der Waals surface area contributed by atoms with Crippen molar-refractivity contribution in [3.63, 3.8) is 0 Å². The molecule has 22 heavy (non-hydrogen) atoms. The molecule has 0 bridgehead atoms. The van der Waals surface area contributed by atoms with Crippen LogP contribution < -0.4 is 0 Å². The molecule has 0 spiro atoms. The van der Waals surface area contributed by atoms with E-state index in [2.05, 4.69) is 35.6 Å². The lowest BCUT2D eigenvalue weighted by Crippen LogP contribution is -2.04. The van der Waals surface area contributed by atoms with Gasteiger partial charge in [0.2, 0.25) is 5.82 Å². The molecule has 0 saturated heterocycles. The van der Waals surface area contributed by atoms with Gasteiger partial charge < -0.3 is 9.09 Å². The van der Waals surface area contributed by atoms with Crippen molar-refractivity contribution in [2.75, 3.05) is 0 Å². The van der Waals surface area contributed by atoms with Crippen LogP contribution in [-0.2, 0) is 12.7 Å². The van der Waals surface area contributed by atoms with Crippen molar-refractivity contribution in [3.05, 3.63) is 52.8 Å². The minimum absolute atomic E-state index is 0.0933. The summed E-state index contributed by atoms with van der Waals surface area (Å²) in [6.07, 6.45) is -1.14. The zero-order chi connectivity index (χ0) is 15.7. The van der Waals surface area contributed by atoms with Gasteiger partial charge in [-0.25, -0.2) is 4.98 Å². The zero-order valence-electron chi connectivity index (χ0n) is 10.9. The van der Waals surface area contributed by atoms with Gasteiger partial charge in [-0.1, -0.05) is 29.4 Å². The van der Waals surface area contributed by atoms with Gasteiger partial charge in [0.05, 0.1) is 6.33 Å². The molecular formula is C13H8BrF3N4O. The van der Waals surface area contributed by atoms with Crippen molar-refractivity contribution in [1.82, 2.24) is 19.7 Å². The Kier molecular flexibility index (Phi) is 3.73. The minimum atomic E-state index is -4.64. The van der Waals surface area contributed by atoms with Gasteiger partial charge in [0.1, 0.15) is 4.60 Å². The molecule has 0 radical (unpaired) electrons. The first-order valence-electron chi connectivity index (χ1n) is 6.09. The van der Waals surface area contributed by atoms with Gasteiger partial charge in [0.25, 0.3) is 0 Å².